The third-order valence-electron chi connectivity index (χ3n) is 2.18. The van der Waals surface area contributed by atoms with E-state index in [0.717, 1.165) is 9.99 Å². The molecule has 0 bridgehead atoms. The first-order valence-corrected chi connectivity index (χ1v) is 7.52. The fourth-order valence-electron chi connectivity index (χ4n) is 1.06. The van der Waals surface area contributed by atoms with Gasteiger partial charge in [0, 0.05) is 16.2 Å². The molecule has 90 valence electrons. The molecule has 1 rings (SSSR count). The molecule has 0 heterocycles. The van der Waals surface area contributed by atoms with Gasteiger partial charge in [-0.25, -0.2) is 13.1 Å². The molecule has 3 N–H and O–H groups in total. The Hall–Kier alpha value is -0.180. The van der Waals surface area contributed by atoms with Crippen LogP contribution in [-0.4, -0.2) is 21.0 Å². The van der Waals surface area contributed by atoms with Gasteiger partial charge < -0.3 is 5.73 Å². The summed E-state index contributed by atoms with van der Waals surface area (Å²) in [4.78, 5) is 0.274. The molecule has 1 unspecified atom stereocenters. The van der Waals surface area contributed by atoms with Crippen molar-refractivity contribution in [3.05, 3.63) is 27.8 Å². The predicted octanol–water partition coefficient (Wildman–Crippen LogP) is 1.31. The maximum absolute atomic E-state index is 11.8. The van der Waals surface area contributed by atoms with Gasteiger partial charge in [0.2, 0.25) is 10.0 Å². The molecule has 0 saturated heterocycles. The van der Waals surface area contributed by atoms with E-state index >= 15 is 0 Å². The van der Waals surface area contributed by atoms with E-state index in [4.69, 9.17) is 5.73 Å². The Balaban J connectivity index is 2.74. The standard InChI is InChI=1S/C10H15IN2O2S/c1-2-9(12)7-13-16(14,15)10-5-3-8(11)4-6-10/h3-6,9,13H,2,7,12H2,1H3. The van der Waals surface area contributed by atoms with Crippen LogP contribution >= 0.6 is 22.6 Å². The van der Waals surface area contributed by atoms with Crippen molar-refractivity contribution in [3.63, 3.8) is 0 Å². The second-order valence-electron chi connectivity index (χ2n) is 3.47. The Morgan fingerprint density at radius 2 is 1.94 bits per heavy atom. The number of sulfonamides is 1. The average Bonchev–Trinajstić information content (AvgIpc) is 2.26. The molecule has 0 aliphatic rings. The van der Waals surface area contributed by atoms with Crippen LogP contribution in [0, 0.1) is 3.57 Å². The fraction of sp³-hybridized carbons (Fsp3) is 0.400. The number of halogens is 1. The summed E-state index contributed by atoms with van der Waals surface area (Å²) >= 11 is 2.13. The Labute approximate surface area is 110 Å². The van der Waals surface area contributed by atoms with Crippen LogP contribution in [0.15, 0.2) is 29.2 Å². The van der Waals surface area contributed by atoms with Gasteiger partial charge in [-0.1, -0.05) is 6.92 Å². The molecule has 0 fully saturated rings. The lowest BCUT2D eigenvalue weighted by molar-refractivity contribution is 0.564. The van der Waals surface area contributed by atoms with Gasteiger partial charge in [-0.15, -0.1) is 0 Å². The summed E-state index contributed by atoms with van der Waals surface area (Å²) in [6, 6.07) is 6.55. The van der Waals surface area contributed by atoms with E-state index in [0.29, 0.717) is 0 Å². The maximum Gasteiger partial charge on any atom is 0.240 e. The third kappa shape index (κ3) is 4.00. The molecule has 0 aromatic heterocycles. The number of hydrogen-bond donors (Lipinski definition) is 2. The maximum atomic E-state index is 11.8. The lowest BCUT2D eigenvalue weighted by Gasteiger charge is -2.10. The van der Waals surface area contributed by atoms with Crippen LogP contribution in [0.1, 0.15) is 13.3 Å². The zero-order valence-electron chi connectivity index (χ0n) is 8.98. The number of rotatable bonds is 5. The highest BCUT2D eigenvalue weighted by atomic mass is 127. The summed E-state index contributed by atoms with van der Waals surface area (Å²) in [5.74, 6) is 0. The first-order valence-electron chi connectivity index (χ1n) is 4.96. The highest BCUT2D eigenvalue weighted by Gasteiger charge is 2.14. The molecule has 1 atom stereocenters. The molecule has 4 nitrogen and oxygen atoms in total. The first kappa shape index (κ1) is 13.9. The second kappa shape index (κ2) is 5.95. The van der Waals surface area contributed by atoms with Crippen LogP contribution in [0.3, 0.4) is 0 Å². The summed E-state index contributed by atoms with van der Waals surface area (Å²) in [6.45, 7) is 2.19. The highest BCUT2D eigenvalue weighted by Crippen LogP contribution is 2.11. The second-order valence-corrected chi connectivity index (χ2v) is 6.49. The molecule has 0 aliphatic carbocycles. The van der Waals surface area contributed by atoms with Crippen LogP contribution in [-0.2, 0) is 10.0 Å². The van der Waals surface area contributed by atoms with Crippen LogP contribution in [0.2, 0.25) is 0 Å². The summed E-state index contributed by atoms with van der Waals surface area (Å²) in [5.41, 5.74) is 5.65. The van der Waals surface area contributed by atoms with Gasteiger partial charge in [0.05, 0.1) is 4.90 Å². The quantitative estimate of drug-likeness (QED) is 0.784. The van der Waals surface area contributed by atoms with Crippen molar-refractivity contribution in [2.75, 3.05) is 6.54 Å². The SMILES string of the molecule is CCC(N)CNS(=O)(=O)c1ccc(I)cc1. The number of nitrogens with one attached hydrogen (secondary N) is 1. The van der Waals surface area contributed by atoms with E-state index in [1.807, 2.05) is 6.92 Å². The Morgan fingerprint density at radius 1 is 1.38 bits per heavy atom. The third-order valence-corrected chi connectivity index (χ3v) is 4.34. The Kier molecular flexibility index (Phi) is 5.16. The van der Waals surface area contributed by atoms with Crippen molar-refractivity contribution >= 4 is 32.6 Å². The van der Waals surface area contributed by atoms with Crippen molar-refractivity contribution in [3.8, 4) is 0 Å². The van der Waals surface area contributed by atoms with Crippen LogP contribution in [0.5, 0.6) is 0 Å². The predicted molar refractivity (Wildman–Crippen MR) is 72.6 cm³/mol. The monoisotopic (exact) mass is 354 g/mol. The van der Waals surface area contributed by atoms with E-state index in [1.165, 1.54) is 0 Å². The molecule has 1 aromatic carbocycles. The molecule has 0 saturated carbocycles. The van der Waals surface area contributed by atoms with Crippen molar-refractivity contribution < 1.29 is 8.42 Å². The van der Waals surface area contributed by atoms with Gasteiger partial charge in [-0.05, 0) is 53.3 Å². The molecular weight excluding hydrogens is 339 g/mol. The van der Waals surface area contributed by atoms with Crippen molar-refractivity contribution in [1.29, 1.82) is 0 Å². The highest BCUT2D eigenvalue weighted by molar-refractivity contribution is 14.1. The summed E-state index contributed by atoms with van der Waals surface area (Å²) in [5, 5.41) is 0. The van der Waals surface area contributed by atoms with E-state index in [-0.39, 0.29) is 17.5 Å². The Morgan fingerprint density at radius 3 is 2.44 bits per heavy atom. The number of hydrogen-bond acceptors (Lipinski definition) is 3. The lowest BCUT2D eigenvalue weighted by Crippen LogP contribution is -2.36. The lowest BCUT2D eigenvalue weighted by atomic mass is 10.2. The fourth-order valence-corrected chi connectivity index (χ4v) is 2.51. The van der Waals surface area contributed by atoms with E-state index in [9.17, 15) is 8.42 Å². The smallest absolute Gasteiger partial charge is 0.240 e. The molecule has 0 amide bonds. The van der Waals surface area contributed by atoms with E-state index in [2.05, 4.69) is 27.3 Å². The minimum Gasteiger partial charge on any atom is -0.327 e. The van der Waals surface area contributed by atoms with Crippen molar-refractivity contribution in [2.24, 2.45) is 5.73 Å². The summed E-state index contributed by atoms with van der Waals surface area (Å²) < 4.78 is 27.1. The minimum atomic E-state index is -3.42. The zero-order chi connectivity index (χ0) is 12.2. The molecule has 0 spiro atoms. The van der Waals surface area contributed by atoms with Gasteiger partial charge in [-0.2, -0.15) is 0 Å². The van der Waals surface area contributed by atoms with Gasteiger partial charge in [0.15, 0.2) is 0 Å². The summed E-state index contributed by atoms with van der Waals surface area (Å²) in [6.07, 6.45) is 0.745. The van der Waals surface area contributed by atoms with Gasteiger partial charge >= 0.3 is 0 Å². The molecule has 1 aromatic rings. The topological polar surface area (TPSA) is 72.2 Å². The van der Waals surface area contributed by atoms with Gasteiger partial charge in [-0.3, -0.25) is 0 Å². The van der Waals surface area contributed by atoms with Crippen LogP contribution in [0.25, 0.3) is 0 Å². The van der Waals surface area contributed by atoms with Crippen LogP contribution in [0.4, 0.5) is 0 Å². The molecule has 16 heavy (non-hydrogen) atoms. The van der Waals surface area contributed by atoms with Gasteiger partial charge in [0.25, 0.3) is 0 Å². The summed E-state index contributed by atoms with van der Waals surface area (Å²) in [7, 11) is -3.42. The zero-order valence-corrected chi connectivity index (χ0v) is 12.0. The number of benzene rings is 1. The van der Waals surface area contributed by atoms with Gasteiger partial charge in [0.1, 0.15) is 0 Å². The average molecular weight is 354 g/mol. The minimum absolute atomic E-state index is 0.140. The molecule has 0 radical (unpaired) electrons. The normalized spacial score (nSPS) is 13.7. The van der Waals surface area contributed by atoms with Crippen molar-refractivity contribution in [2.45, 2.75) is 24.3 Å². The van der Waals surface area contributed by atoms with Crippen LogP contribution < -0.4 is 10.5 Å². The Bertz CT molecular complexity index is 431. The number of nitrogens with two attached hydrogens (primary N) is 1. The van der Waals surface area contributed by atoms with Crippen molar-refractivity contribution in [1.82, 2.24) is 4.72 Å². The molecule has 0 aliphatic heterocycles. The molecular formula is C10H15IN2O2S. The largest absolute Gasteiger partial charge is 0.327 e. The molecule has 6 heteroatoms. The van der Waals surface area contributed by atoms with E-state index in [1.54, 1.807) is 24.3 Å². The van der Waals surface area contributed by atoms with E-state index < -0.39 is 10.0 Å². The first-order chi connectivity index (χ1) is 7.45.